The molecule has 1 heteroatoms. The smallest absolute Gasteiger partial charge is 0.0950 e. The average Bonchev–Trinajstić information content (AvgIpc) is 2.75. The number of nitrogens with one attached hydrogen (secondary N) is 1. The van der Waals surface area contributed by atoms with E-state index in [2.05, 4.69) is 96.3 Å². The highest BCUT2D eigenvalue weighted by Gasteiger charge is 2.38. The fourth-order valence-corrected chi connectivity index (χ4v) is 4.37. The van der Waals surface area contributed by atoms with Crippen LogP contribution in [-0.2, 0) is 5.54 Å². The summed E-state index contributed by atoms with van der Waals surface area (Å²) in [6, 6.07) is 33.3. The molecular weight excluding hydrogens is 314 g/mol. The van der Waals surface area contributed by atoms with Crippen molar-refractivity contribution in [3.63, 3.8) is 0 Å². The average molecular weight is 341 g/mol. The van der Waals surface area contributed by atoms with Gasteiger partial charge in [-0.05, 0) is 29.5 Å². The van der Waals surface area contributed by atoms with E-state index in [4.69, 9.17) is 0 Å². The summed E-state index contributed by atoms with van der Waals surface area (Å²) in [6.45, 7) is 0. The van der Waals surface area contributed by atoms with Crippen LogP contribution in [0.3, 0.4) is 0 Å². The molecule has 1 saturated carbocycles. The Bertz CT molecular complexity index is 693. The zero-order valence-corrected chi connectivity index (χ0v) is 15.3. The Morgan fingerprint density at radius 2 is 0.923 bits per heavy atom. The molecule has 0 saturated heterocycles. The zero-order valence-electron chi connectivity index (χ0n) is 15.3. The summed E-state index contributed by atoms with van der Waals surface area (Å²) < 4.78 is 0. The largest absolute Gasteiger partial charge is 0.297 e. The van der Waals surface area contributed by atoms with Crippen molar-refractivity contribution in [3.8, 4) is 0 Å². The third kappa shape index (κ3) is 3.32. The summed E-state index contributed by atoms with van der Waals surface area (Å²) in [6.07, 6.45) is 6.54. The second kappa shape index (κ2) is 7.88. The lowest BCUT2D eigenvalue weighted by Crippen LogP contribution is -2.50. The predicted octanol–water partition coefficient (Wildman–Crippen LogP) is 5.90. The van der Waals surface area contributed by atoms with Crippen LogP contribution in [0.15, 0.2) is 91.0 Å². The minimum absolute atomic E-state index is 0.314. The van der Waals surface area contributed by atoms with E-state index >= 15 is 0 Å². The maximum Gasteiger partial charge on any atom is 0.0950 e. The Balaban J connectivity index is 1.90. The summed E-state index contributed by atoms with van der Waals surface area (Å²) in [5.74, 6) is 0. The molecular formula is C25H27N. The third-order valence-electron chi connectivity index (χ3n) is 5.65. The lowest BCUT2D eigenvalue weighted by atomic mass is 9.75. The van der Waals surface area contributed by atoms with Crippen LogP contribution in [0.25, 0.3) is 0 Å². The number of rotatable bonds is 5. The van der Waals surface area contributed by atoms with E-state index in [-0.39, 0.29) is 5.54 Å². The molecule has 1 nitrogen and oxygen atoms in total. The molecule has 1 aliphatic rings. The van der Waals surface area contributed by atoms with E-state index in [1.54, 1.807) is 0 Å². The predicted molar refractivity (Wildman–Crippen MR) is 109 cm³/mol. The maximum absolute atomic E-state index is 4.12. The van der Waals surface area contributed by atoms with Crippen molar-refractivity contribution in [3.05, 3.63) is 108 Å². The van der Waals surface area contributed by atoms with Crippen molar-refractivity contribution in [2.24, 2.45) is 0 Å². The molecule has 4 rings (SSSR count). The van der Waals surface area contributed by atoms with Gasteiger partial charge in [-0.1, -0.05) is 110 Å². The second-order valence-corrected chi connectivity index (χ2v) is 7.33. The minimum atomic E-state index is -0.314. The molecule has 0 aromatic heterocycles. The summed E-state index contributed by atoms with van der Waals surface area (Å²) >= 11 is 0. The van der Waals surface area contributed by atoms with Crippen molar-refractivity contribution in [2.45, 2.75) is 43.7 Å². The molecule has 0 heterocycles. The highest BCUT2D eigenvalue weighted by atomic mass is 15.0. The molecule has 0 spiro atoms. The summed E-state index contributed by atoms with van der Waals surface area (Å²) in [7, 11) is 0. The highest BCUT2D eigenvalue weighted by Crippen LogP contribution is 2.38. The van der Waals surface area contributed by atoms with Gasteiger partial charge in [0.2, 0.25) is 0 Å². The van der Waals surface area contributed by atoms with E-state index in [0.717, 1.165) is 0 Å². The molecule has 0 atom stereocenters. The van der Waals surface area contributed by atoms with Gasteiger partial charge in [0.15, 0.2) is 0 Å². The lowest BCUT2D eigenvalue weighted by Gasteiger charge is -2.41. The van der Waals surface area contributed by atoms with Crippen LogP contribution >= 0.6 is 0 Å². The lowest BCUT2D eigenvalue weighted by molar-refractivity contribution is 0.313. The summed E-state index contributed by atoms with van der Waals surface area (Å²) in [4.78, 5) is 0. The van der Waals surface area contributed by atoms with Crippen molar-refractivity contribution >= 4 is 0 Å². The molecule has 1 fully saturated rings. The molecule has 0 aliphatic heterocycles. The normalized spacial score (nSPS) is 15.7. The topological polar surface area (TPSA) is 12.0 Å². The van der Waals surface area contributed by atoms with Crippen molar-refractivity contribution < 1.29 is 0 Å². The van der Waals surface area contributed by atoms with Gasteiger partial charge in [0.25, 0.3) is 0 Å². The van der Waals surface area contributed by atoms with Gasteiger partial charge in [-0.15, -0.1) is 0 Å². The van der Waals surface area contributed by atoms with Crippen LogP contribution in [0.2, 0.25) is 0 Å². The van der Waals surface area contributed by atoms with Crippen LogP contribution in [0, 0.1) is 0 Å². The first-order valence-corrected chi connectivity index (χ1v) is 9.84. The Labute approximate surface area is 157 Å². The van der Waals surface area contributed by atoms with Crippen molar-refractivity contribution in [1.29, 1.82) is 0 Å². The van der Waals surface area contributed by atoms with Crippen molar-refractivity contribution in [2.75, 3.05) is 0 Å². The molecule has 0 radical (unpaired) electrons. The third-order valence-corrected chi connectivity index (χ3v) is 5.65. The first-order valence-electron chi connectivity index (χ1n) is 9.84. The van der Waals surface area contributed by atoms with Gasteiger partial charge in [-0.25, -0.2) is 0 Å². The van der Waals surface area contributed by atoms with Gasteiger partial charge in [0.05, 0.1) is 5.54 Å². The van der Waals surface area contributed by atoms with E-state index < -0.39 is 0 Å². The van der Waals surface area contributed by atoms with E-state index in [1.807, 2.05) is 0 Å². The molecule has 1 N–H and O–H groups in total. The summed E-state index contributed by atoms with van der Waals surface area (Å²) in [5, 5.41) is 4.12. The molecule has 0 unspecified atom stereocenters. The fourth-order valence-electron chi connectivity index (χ4n) is 4.37. The Kier molecular flexibility index (Phi) is 5.17. The molecule has 1 aliphatic carbocycles. The van der Waals surface area contributed by atoms with E-state index in [9.17, 15) is 0 Å². The number of benzene rings is 3. The standard InChI is InChI=1S/C25H27N/c1-5-13-21(14-6-1)25(22-15-7-2-8-16-22,23-17-9-3-10-18-23)26-24-19-11-4-12-20-24/h1-3,5-10,13-18,24,26H,4,11-12,19-20H2. The fraction of sp³-hybridized carbons (Fsp3) is 0.280. The van der Waals surface area contributed by atoms with Crippen LogP contribution < -0.4 is 5.32 Å². The van der Waals surface area contributed by atoms with E-state index in [0.29, 0.717) is 6.04 Å². The van der Waals surface area contributed by atoms with Crippen molar-refractivity contribution in [1.82, 2.24) is 5.32 Å². The quantitative estimate of drug-likeness (QED) is 0.570. The number of hydrogen-bond acceptors (Lipinski definition) is 1. The first-order chi connectivity index (χ1) is 12.9. The molecule has 3 aromatic carbocycles. The van der Waals surface area contributed by atoms with Gasteiger partial charge >= 0.3 is 0 Å². The molecule has 132 valence electrons. The van der Waals surface area contributed by atoms with E-state index in [1.165, 1.54) is 48.8 Å². The highest BCUT2D eigenvalue weighted by molar-refractivity contribution is 5.49. The van der Waals surface area contributed by atoms with Crippen LogP contribution in [-0.4, -0.2) is 6.04 Å². The first kappa shape index (κ1) is 17.1. The SMILES string of the molecule is c1ccc(C(NC2CCCCC2)(c2ccccc2)c2ccccc2)cc1. The van der Waals surface area contributed by atoms with Crippen LogP contribution in [0.5, 0.6) is 0 Å². The van der Waals surface area contributed by atoms with Crippen LogP contribution in [0.1, 0.15) is 48.8 Å². The van der Waals surface area contributed by atoms with Crippen LogP contribution in [0.4, 0.5) is 0 Å². The molecule has 0 bridgehead atoms. The monoisotopic (exact) mass is 341 g/mol. The summed E-state index contributed by atoms with van der Waals surface area (Å²) in [5.41, 5.74) is 3.61. The second-order valence-electron chi connectivity index (χ2n) is 7.33. The Morgan fingerprint density at radius 3 is 1.31 bits per heavy atom. The number of hydrogen-bond donors (Lipinski definition) is 1. The zero-order chi connectivity index (χ0) is 17.7. The molecule has 3 aromatic rings. The van der Waals surface area contributed by atoms with Gasteiger partial charge < -0.3 is 0 Å². The Hall–Kier alpha value is -2.38. The maximum atomic E-state index is 4.12. The molecule has 26 heavy (non-hydrogen) atoms. The van der Waals surface area contributed by atoms with Gasteiger partial charge in [-0.3, -0.25) is 5.32 Å². The van der Waals surface area contributed by atoms with Gasteiger partial charge in [0.1, 0.15) is 0 Å². The van der Waals surface area contributed by atoms with Gasteiger partial charge in [0, 0.05) is 6.04 Å². The van der Waals surface area contributed by atoms with Gasteiger partial charge in [-0.2, -0.15) is 0 Å². The Morgan fingerprint density at radius 1 is 0.538 bits per heavy atom. The minimum Gasteiger partial charge on any atom is -0.297 e. The molecule has 0 amide bonds.